The van der Waals surface area contributed by atoms with E-state index in [9.17, 15) is 13.6 Å². The number of nitrogens with zero attached hydrogens (tertiary/aromatic N) is 3. The van der Waals surface area contributed by atoms with E-state index in [-0.39, 0.29) is 23.8 Å². The number of aryl methyl sites for hydroxylation is 3. The average Bonchev–Trinajstić information content (AvgIpc) is 2.89. The first-order valence-electron chi connectivity index (χ1n) is 13.3. The maximum atomic E-state index is 14.1. The molecule has 0 bridgehead atoms. The van der Waals surface area contributed by atoms with Gasteiger partial charge in [0.1, 0.15) is 23.1 Å². The molecule has 2 aromatic carbocycles. The Morgan fingerprint density at radius 1 is 1.08 bits per heavy atom. The van der Waals surface area contributed by atoms with Crippen molar-refractivity contribution in [1.82, 2.24) is 14.9 Å². The van der Waals surface area contributed by atoms with Gasteiger partial charge in [-0.05, 0) is 58.2 Å². The van der Waals surface area contributed by atoms with Crippen molar-refractivity contribution in [3.05, 3.63) is 93.6 Å². The fraction of sp³-hybridized carbons (Fsp3) is 0.452. The number of benzene rings is 2. The minimum Gasteiger partial charge on any atom is -0.381 e. The van der Waals surface area contributed by atoms with Gasteiger partial charge >= 0.3 is 0 Å². The second kappa shape index (κ2) is 12.3. The number of methoxy groups -OCH3 is 1. The molecule has 1 fully saturated rings. The molecule has 1 aromatic heterocycles. The Morgan fingerprint density at radius 2 is 1.72 bits per heavy atom. The van der Waals surface area contributed by atoms with Gasteiger partial charge < -0.3 is 14.4 Å². The van der Waals surface area contributed by atoms with Crippen molar-refractivity contribution < 1.29 is 23.0 Å². The summed E-state index contributed by atoms with van der Waals surface area (Å²) in [6, 6.07) is 10.0. The monoisotopic (exact) mass is 537 g/mol. The van der Waals surface area contributed by atoms with Crippen LogP contribution in [0, 0.1) is 32.4 Å². The molecule has 0 aliphatic carbocycles. The van der Waals surface area contributed by atoms with E-state index in [1.807, 2.05) is 20.0 Å². The summed E-state index contributed by atoms with van der Waals surface area (Å²) in [5, 5.41) is 0. The van der Waals surface area contributed by atoms with Gasteiger partial charge in [-0.1, -0.05) is 35.4 Å². The summed E-state index contributed by atoms with van der Waals surface area (Å²) in [5.74, 6) is -0.930. The first-order chi connectivity index (χ1) is 18.6. The zero-order valence-electron chi connectivity index (χ0n) is 23.4. The van der Waals surface area contributed by atoms with Crippen molar-refractivity contribution in [2.24, 2.45) is 0 Å². The highest BCUT2D eigenvalue weighted by molar-refractivity contribution is 5.79. The fourth-order valence-electron chi connectivity index (χ4n) is 5.44. The molecule has 4 rings (SSSR count). The molecule has 1 unspecified atom stereocenters. The van der Waals surface area contributed by atoms with Crippen molar-refractivity contribution in [2.75, 3.05) is 26.8 Å². The lowest BCUT2D eigenvalue weighted by atomic mass is 9.85. The van der Waals surface area contributed by atoms with Gasteiger partial charge in [0.2, 0.25) is 5.91 Å². The van der Waals surface area contributed by atoms with E-state index in [4.69, 9.17) is 14.5 Å². The van der Waals surface area contributed by atoms with Gasteiger partial charge in [-0.15, -0.1) is 0 Å². The first kappa shape index (κ1) is 28.8. The van der Waals surface area contributed by atoms with E-state index in [2.05, 4.69) is 37.0 Å². The molecule has 1 amide bonds. The van der Waals surface area contributed by atoms with Gasteiger partial charge in [0.05, 0.1) is 25.3 Å². The number of piperidine rings is 1. The lowest BCUT2D eigenvalue weighted by molar-refractivity contribution is -0.131. The summed E-state index contributed by atoms with van der Waals surface area (Å²) >= 11 is 0. The summed E-state index contributed by atoms with van der Waals surface area (Å²) in [4.78, 5) is 23.9. The zero-order chi connectivity index (χ0) is 28.2. The number of hydrogen-bond donors (Lipinski definition) is 0. The minimum atomic E-state index is -0.787. The Balaban J connectivity index is 1.51. The van der Waals surface area contributed by atoms with E-state index in [0.29, 0.717) is 45.0 Å². The van der Waals surface area contributed by atoms with Gasteiger partial charge in [-0.2, -0.15) is 0 Å². The number of ether oxygens (including phenoxy) is 2. The standard InChI is InChI=1S/C31H37F2N3O3/c1-20-13-21(2)15-23(14-20)18-39-31(4,19-38-5)26-17-34-22(3)35-30(26)24-9-11-36(12-10-24)29(37)16-25-27(32)7-6-8-28(25)33/h6-8,13-15,17,24H,9-12,16,18-19H2,1-5H3. The molecule has 1 saturated heterocycles. The highest BCUT2D eigenvalue weighted by Gasteiger charge is 2.36. The summed E-state index contributed by atoms with van der Waals surface area (Å²) in [6.45, 7) is 9.69. The van der Waals surface area contributed by atoms with Crippen LogP contribution in [0.3, 0.4) is 0 Å². The number of hydrogen-bond acceptors (Lipinski definition) is 5. The van der Waals surface area contributed by atoms with Crippen molar-refractivity contribution in [1.29, 1.82) is 0 Å². The summed E-state index contributed by atoms with van der Waals surface area (Å²) < 4.78 is 40.3. The maximum Gasteiger partial charge on any atom is 0.227 e. The molecule has 39 heavy (non-hydrogen) atoms. The smallest absolute Gasteiger partial charge is 0.227 e. The van der Waals surface area contributed by atoms with Gasteiger partial charge in [0, 0.05) is 43.4 Å². The Labute approximate surface area is 229 Å². The second-order valence-electron chi connectivity index (χ2n) is 10.7. The predicted octanol–water partition coefficient (Wildman–Crippen LogP) is 5.71. The van der Waals surface area contributed by atoms with Crippen LogP contribution in [0.5, 0.6) is 0 Å². The molecule has 208 valence electrons. The molecule has 8 heteroatoms. The van der Waals surface area contributed by atoms with Crippen LogP contribution in [-0.2, 0) is 32.9 Å². The number of carbonyl (C=O) groups is 1. The zero-order valence-corrected chi connectivity index (χ0v) is 23.4. The molecule has 0 radical (unpaired) electrons. The highest BCUT2D eigenvalue weighted by Crippen LogP contribution is 2.36. The van der Waals surface area contributed by atoms with Crippen LogP contribution in [0.4, 0.5) is 8.78 Å². The van der Waals surface area contributed by atoms with Crippen LogP contribution >= 0.6 is 0 Å². The first-order valence-corrected chi connectivity index (χ1v) is 13.3. The number of rotatable bonds is 9. The van der Waals surface area contributed by atoms with Crippen molar-refractivity contribution in [3.63, 3.8) is 0 Å². The van der Waals surface area contributed by atoms with Crippen molar-refractivity contribution >= 4 is 5.91 Å². The third kappa shape index (κ3) is 6.86. The quantitative estimate of drug-likeness (QED) is 0.350. The lowest BCUT2D eigenvalue weighted by Crippen LogP contribution is -2.40. The molecule has 0 saturated carbocycles. The van der Waals surface area contributed by atoms with Crippen LogP contribution < -0.4 is 0 Å². The van der Waals surface area contributed by atoms with Crippen molar-refractivity contribution in [3.8, 4) is 0 Å². The van der Waals surface area contributed by atoms with Gasteiger partial charge in [-0.25, -0.2) is 18.7 Å². The Hall–Kier alpha value is -3.23. The molecule has 1 atom stereocenters. The number of halogens is 2. The molecular weight excluding hydrogens is 500 g/mol. The van der Waals surface area contributed by atoms with E-state index in [1.54, 1.807) is 12.0 Å². The van der Waals surface area contributed by atoms with Gasteiger partial charge in [0.15, 0.2) is 0 Å². The second-order valence-corrected chi connectivity index (χ2v) is 10.7. The fourth-order valence-corrected chi connectivity index (χ4v) is 5.44. The van der Waals surface area contributed by atoms with Crippen LogP contribution in [0.15, 0.2) is 42.6 Å². The van der Waals surface area contributed by atoms with Crippen LogP contribution in [-0.4, -0.2) is 47.6 Å². The third-order valence-corrected chi connectivity index (χ3v) is 7.39. The number of carbonyl (C=O) groups excluding carboxylic acids is 1. The largest absolute Gasteiger partial charge is 0.381 e. The van der Waals surface area contributed by atoms with Gasteiger partial charge in [0.25, 0.3) is 0 Å². The summed E-state index contributed by atoms with van der Waals surface area (Å²) in [6.07, 6.45) is 2.89. The minimum absolute atomic E-state index is 0.0805. The lowest BCUT2D eigenvalue weighted by Gasteiger charge is -2.36. The van der Waals surface area contributed by atoms with Crippen LogP contribution in [0.1, 0.15) is 65.0 Å². The van der Waals surface area contributed by atoms with Crippen LogP contribution in [0.25, 0.3) is 0 Å². The van der Waals surface area contributed by atoms with Gasteiger partial charge in [-0.3, -0.25) is 4.79 Å². The molecule has 3 aromatic rings. The van der Waals surface area contributed by atoms with E-state index in [1.165, 1.54) is 29.3 Å². The normalized spacial score (nSPS) is 15.8. The van der Waals surface area contributed by atoms with Crippen LogP contribution in [0.2, 0.25) is 0 Å². The van der Waals surface area contributed by atoms with E-state index < -0.39 is 17.2 Å². The highest BCUT2D eigenvalue weighted by atomic mass is 19.1. The summed E-state index contributed by atoms with van der Waals surface area (Å²) in [7, 11) is 1.65. The average molecular weight is 538 g/mol. The number of aromatic nitrogens is 2. The topological polar surface area (TPSA) is 64.6 Å². The Morgan fingerprint density at radius 3 is 2.33 bits per heavy atom. The third-order valence-electron chi connectivity index (χ3n) is 7.39. The van der Waals surface area contributed by atoms with E-state index >= 15 is 0 Å². The molecule has 6 nitrogen and oxygen atoms in total. The maximum absolute atomic E-state index is 14.1. The Kier molecular flexibility index (Phi) is 9.08. The molecular formula is C31H37F2N3O3. The molecule has 2 heterocycles. The molecule has 1 aliphatic heterocycles. The SMILES string of the molecule is COCC(C)(OCc1cc(C)cc(C)c1)c1cnc(C)nc1C1CCN(C(=O)Cc2c(F)cccc2F)CC1. The Bertz CT molecular complexity index is 1280. The predicted molar refractivity (Wildman–Crippen MR) is 145 cm³/mol. The summed E-state index contributed by atoms with van der Waals surface area (Å²) in [5.41, 5.74) is 4.25. The number of amides is 1. The molecule has 1 aliphatic rings. The molecule has 0 spiro atoms. The number of likely N-dealkylation sites (tertiary alicyclic amines) is 1. The van der Waals surface area contributed by atoms with E-state index in [0.717, 1.165) is 16.8 Å². The van der Waals surface area contributed by atoms with Crippen molar-refractivity contribution in [2.45, 2.75) is 65.1 Å². The molecule has 0 N–H and O–H groups in total.